The minimum atomic E-state index is 0.258. The van der Waals surface area contributed by atoms with Gasteiger partial charge in [0.1, 0.15) is 11.5 Å². The Bertz CT molecular complexity index is 1030. The highest BCUT2D eigenvalue weighted by Gasteiger charge is 2.20. The van der Waals surface area contributed by atoms with Gasteiger partial charge in [-0.25, -0.2) is 0 Å². The molecule has 0 atom stereocenters. The summed E-state index contributed by atoms with van der Waals surface area (Å²) in [5.41, 5.74) is 5.85. The van der Waals surface area contributed by atoms with Gasteiger partial charge in [-0.3, -0.25) is 4.90 Å². The van der Waals surface area contributed by atoms with Crippen molar-refractivity contribution in [3.63, 3.8) is 0 Å². The zero-order valence-corrected chi connectivity index (χ0v) is 17.6. The van der Waals surface area contributed by atoms with Crippen LogP contribution in [0, 0.1) is 0 Å². The number of hydrogen-bond donors (Lipinski definition) is 1. The quantitative estimate of drug-likeness (QED) is 0.647. The molecule has 3 aromatic rings. The molecule has 0 amide bonds. The molecular weight excluding hydrogens is 378 g/mol. The number of aromatic hydroxyl groups is 1. The summed E-state index contributed by atoms with van der Waals surface area (Å²) in [5.74, 6) is 2.66. The smallest absolute Gasteiger partial charge is 0.161 e. The van der Waals surface area contributed by atoms with Crippen LogP contribution in [0.2, 0.25) is 0 Å². The van der Waals surface area contributed by atoms with Crippen LogP contribution in [-0.2, 0) is 19.5 Å². The molecule has 156 valence electrons. The van der Waals surface area contributed by atoms with E-state index in [4.69, 9.17) is 14.2 Å². The van der Waals surface area contributed by atoms with Crippen molar-refractivity contribution in [3.8, 4) is 34.1 Å². The first-order chi connectivity index (χ1) is 14.6. The summed E-state index contributed by atoms with van der Waals surface area (Å²) in [5, 5.41) is 9.54. The minimum absolute atomic E-state index is 0.258. The van der Waals surface area contributed by atoms with Gasteiger partial charge in [0, 0.05) is 25.2 Å². The van der Waals surface area contributed by atoms with E-state index in [1.807, 2.05) is 12.1 Å². The van der Waals surface area contributed by atoms with Crippen LogP contribution in [0.15, 0.2) is 54.6 Å². The third kappa shape index (κ3) is 4.07. The van der Waals surface area contributed by atoms with E-state index >= 15 is 0 Å². The Morgan fingerprint density at radius 2 is 1.47 bits per heavy atom. The Kier molecular flexibility index (Phi) is 5.81. The van der Waals surface area contributed by atoms with E-state index in [1.165, 1.54) is 16.7 Å². The second kappa shape index (κ2) is 8.67. The van der Waals surface area contributed by atoms with Gasteiger partial charge in [0.25, 0.3) is 0 Å². The molecule has 0 radical (unpaired) electrons. The molecule has 1 aliphatic rings. The lowest BCUT2D eigenvalue weighted by molar-refractivity contribution is 0.244. The van der Waals surface area contributed by atoms with Gasteiger partial charge in [-0.15, -0.1) is 0 Å². The number of rotatable bonds is 6. The van der Waals surface area contributed by atoms with Gasteiger partial charge in [0.05, 0.1) is 21.3 Å². The van der Waals surface area contributed by atoms with Gasteiger partial charge in [-0.05, 0) is 59.0 Å². The summed E-state index contributed by atoms with van der Waals surface area (Å²) < 4.78 is 16.6. The van der Waals surface area contributed by atoms with E-state index in [0.717, 1.165) is 54.4 Å². The third-order valence-electron chi connectivity index (χ3n) is 5.65. The number of benzene rings is 3. The van der Waals surface area contributed by atoms with Crippen molar-refractivity contribution in [2.75, 3.05) is 27.9 Å². The average molecular weight is 405 g/mol. The fraction of sp³-hybridized carbons (Fsp3) is 0.280. The van der Waals surface area contributed by atoms with Gasteiger partial charge in [0.15, 0.2) is 11.5 Å². The third-order valence-corrected chi connectivity index (χ3v) is 5.65. The lowest BCUT2D eigenvalue weighted by Gasteiger charge is -2.29. The summed E-state index contributed by atoms with van der Waals surface area (Å²) in [7, 11) is 5.04. The van der Waals surface area contributed by atoms with Crippen molar-refractivity contribution in [1.82, 2.24) is 4.90 Å². The lowest BCUT2D eigenvalue weighted by atomic mass is 9.97. The van der Waals surface area contributed by atoms with Crippen molar-refractivity contribution < 1.29 is 19.3 Å². The molecule has 1 heterocycles. The second-order valence-electron chi connectivity index (χ2n) is 7.52. The van der Waals surface area contributed by atoms with Crippen LogP contribution >= 0.6 is 0 Å². The lowest BCUT2D eigenvalue weighted by Crippen LogP contribution is -2.30. The van der Waals surface area contributed by atoms with Crippen molar-refractivity contribution in [2.24, 2.45) is 0 Å². The molecule has 30 heavy (non-hydrogen) atoms. The second-order valence-corrected chi connectivity index (χ2v) is 7.52. The van der Waals surface area contributed by atoms with Crippen LogP contribution in [0.25, 0.3) is 11.1 Å². The molecule has 0 aromatic heterocycles. The van der Waals surface area contributed by atoms with Crippen molar-refractivity contribution in [2.45, 2.75) is 19.5 Å². The summed E-state index contributed by atoms with van der Waals surface area (Å²) in [4.78, 5) is 2.43. The molecule has 0 saturated heterocycles. The van der Waals surface area contributed by atoms with Crippen molar-refractivity contribution in [1.29, 1.82) is 0 Å². The molecule has 1 N–H and O–H groups in total. The molecule has 5 nitrogen and oxygen atoms in total. The van der Waals surface area contributed by atoms with Crippen LogP contribution in [0.5, 0.6) is 23.0 Å². The average Bonchev–Trinajstić information content (AvgIpc) is 2.78. The van der Waals surface area contributed by atoms with Crippen LogP contribution < -0.4 is 14.2 Å². The number of ether oxygens (including phenoxy) is 3. The fourth-order valence-corrected chi connectivity index (χ4v) is 4.05. The number of phenolic OH excluding ortho intramolecular Hbond substituents is 1. The first-order valence-electron chi connectivity index (χ1n) is 10.0. The predicted octanol–water partition coefficient (Wildman–Crippen LogP) is 4.64. The van der Waals surface area contributed by atoms with Crippen LogP contribution in [0.3, 0.4) is 0 Å². The van der Waals surface area contributed by atoms with Crippen LogP contribution in [0.1, 0.15) is 16.7 Å². The molecule has 0 aliphatic carbocycles. The molecule has 0 bridgehead atoms. The minimum Gasteiger partial charge on any atom is -0.508 e. The molecular formula is C25H27NO4. The zero-order chi connectivity index (χ0) is 21.1. The fourth-order valence-electron chi connectivity index (χ4n) is 4.05. The summed E-state index contributed by atoms with van der Waals surface area (Å²) in [6.45, 7) is 2.71. The maximum absolute atomic E-state index is 9.54. The number of phenols is 1. The standard InChI is InChI=1S/C25H27NO4/c1-28-23-12-17(4-9-22(23)18-5-7-21(27)8-6-18)15-26-11-10-19-13-24(29-2)25(30-3)14-20(19)16-26/h4-9,12-14,27H,10-11,15-16H2,1-3H3. The first-order valence-corrected chi connectivity index (χ1v) is 10.0. The topological polar surface area (TPSA) is 51.2 Å². The molecule has 5 heteroatoms. The molecule has 0 fully saturated rings. The highest BCUT2D eigenvalue weighted by atomic mass is 16.5. The maximum Gasteiger partial charge on any atom is 0.161 e. The first kappa shape index (κ1) is 20.1. The Morgan fingerprint density at radius 3 is 2.13 bits per heavy atom. The molecule has 0 spiro atoms. The van der Waals surface area contributed by atoms with E-state index < -0.39 is 0 Å². The van der Waals surface area contributed by atoms with Crippen LogP contribution in [-0.4, -0.2) is 37.9 Å². The van der Waals surface area contributed by atoms with E-state index in [2.05, 4.69) is 35.2 Å². The number of fused-ring (bicyclic) bond motifs is 1. The number of hydrogen-bond acceptors (Lipinski definition) is 5. The molecule has 4 rings (SSSR count). The maximum atomic E-state index is 9.54. The molecule has 3 aromatic carbocycles. The number of nitrogens with zero attached hydrogens (tertiary/aromatic N) is 1. The largest absolute Gasteiger partial charge is 0.508 e. The van der Waals surface area contributed by atoms with Crippen molar-refractivity contribution in [3.05, 3.63) is 71.3 Å². The van der Waals surface area contributed by atoms with Crippen molar-refractivity contribution >= 4 is 0 Å². The Hall–Kier alpha value is -3.18. The highest BCUT2D eigenvalue weighted by molar-refractivity contribution is 5.71. The summed E-state index contributed by atoms with van der Waals surface area (Å²) in [6.07, 6.45) is 0.985. The van der Waals surface area contributed by atoms with Gasteiger partial charge in [0.2, 0.25) is 0 Å². The van der Waals surface area contributed by atoms with Gasteiger partial charge >= 0.3 is 0 Å². The van der Waals surface area contributed by atoms with E-state index in [9.17, 15) is 5.11 Å². The van der Waals surface area contributed by atoms with Gasteiger partial charge in [-0.1, -0.05) is 24.3 Å². The highest BCUT2D eigenvalue weighted by Crippen LogP contribution is 2.35. The SMILES string of the molecule is COc1cc2c(cc1OC)CN(Cc1ccc(-c3ccc(O)cc3)c(OC)c1)CC2. The Morgan fingerprint density at radius 1 is 0.800 bits per heavy atom. The van der Waals surface area contributed by atoms with E-state index in [0.29, 0.717) is 0 Å². The summed E-state index contributed by atoms with van der Waals surface area (Å²) >= 11 is 0. The van der Waals surface area contributed by atoms with E-state index in [-0.39, 0.29) is 5.75 Å². The van der Waals surface area contributed by atoms with Crippen LogP contribution in [0.4, 0.5) is 0 Å². The van der Waals surface area contributed by atoms with E-state index in [1.54, 1.807) is 33.5 Å². The predicted molar refractivity (Wildman–Crippen MR) is 117 cm³/mol. The summed E-state index contributed by atoms with van der Waals surface area (Å²) in [6, 6.07) is 17.7. The Balaban J connectivity index is 1.53. The monoisotopic (exact) mass is 405 g/mol. The molecule has 0 unspecified atom stereocenters. The molecule has 1 aliphatic heterocycles. The Labute approximate surface area is 177 Å². The number of methoxy groups -OCH3 is 3. The van der Waals surface area contributed by atoms with Gasteiger partial charge in [-0.2, -0.15) is 0 Å². The normalized spacial score (nSPS) is 13.6. The molecule has 0 saturated carbocycles. The zero-order valence-electron chi connectivity index (χ0n) is 17.6. The van der Waals surface area contributed by atoms with Gasteiger partial charge < -0.3 is 19.3 Å².